The smallest absolute Gasteiger partial charge is 0.194 e. The van der Waals surface area contributed by atoms with Crippen molar-refractivity contribution in [3.8, 4) is 0 Å². The molecule has 0 unspecified atom stereocenters. The molecular formula is C17H24O2. The van der Waals surface area contributed by atoms with Gasteiger partial charge in [0.15, 0.2) is 5.78 Å². The van der Waals surface area contributed by atoms with Crippen LogP contribution in [0.3, 0.4) is 0 Å². The van der Waals surface area contributed by atoms with E-state index in [2.05, 4.69) is 19.1 Å². The second kappa shape index (κ2) is 6.33. The third kappa shape index (κ3) is 3.06. The summed E-state index contributed by atoms with van der Waals surface area (Å²) in [5.74, 6) is 0.178. The Morgan fingerprint density at radius 2 is 1.74 bits per heavy atom. The first kappa shape index (κ1) is 14.3. The SMILES string of the molecule is CCOC1(C(=O)c2ccc(CC)cc2)CCCCC1. The number of hydrogen-bond donors (Lipinski definition) is 0. The predicted octanol–water partition coefficient (Wildman–Crippen LogP) is 4.17. The van der Waals surface area contributed by atoms with E-state index in [1.807, 2.05) is 19.1 Å². The second-order valence-corrected chi connectivity index (χ2v) is 5.37. The van der Waals surface area contributed by atoms with Crippen LogP contribution < -0.4 is 0 Å². The Morgan fingerprint density at radius 3 is 2.26 bits per heavy atom. The number of hydrogen-bond acceptors (Lipinski definition) is 2. The van der Waals surface area contributed by atoms with Crippen molar-refractivity contribution in [1.82, 2.24) is 0 Å². The maximum Gasteiger partial charge on any atom is 0.194 e. The van der Waals surface area contributed by atoms with E-state index >= 15 is 0 Å². The summed E-state index contributed by atoms with van der Waals surface area (Å²) < 4.78 is 5.89. The highest BCUT2D eigenvalue weighted by molar-refractivity contribution is 6.02. The normalized spacial score (nSPS) is 18.2. The van der Waals surface area contributed by atoms with Crippen molar-refractivity contribution in [3.05, 3.63) is 35.4 Å². The minimum atomic E-state index is -0.555. The van der Waals surface area contributed by atoms with Crippen LogP contribution in [-0.4, -0.2) is 18.0 Å². The van der Waals surface area contributed by atoms with Crippen LogP contribution in [0.4, 0.5) is 0 Å². The molecule has 1 saturated carbocycles. The Bertz CT molecular complexity index is 408. The van der Waals surface area contributed by atoms with E-state index in [9.17, 15) is 4.79 Å². The molecule has 2 heteroatoms. The van der Waals surface area contributed by atoms with Gasteiger partial charge in [0, 0.05) is 12.2 Å². The summed E-state index contributed by atoms with van der Waals surface area (Å²) in [6.07, 6.45) is 6.16. The summed E-state index contributed by atoms with van der Waals surface area (Å²) in [5.41, 5.74) is 1.51. The molecule has 0 radical (unpaired) electrons. The number of Topliss-reactive ketones (excluding diaryl/α,β-unsaturated/α-hetero) is 1. The molecule has 0 atom stereocenters. The number of aryl methyl sites for hydroxylation is 1. The lowest BCUT2D eigenvalue weighted by molar-refractivity contribution is -0.0411. The van der Waals surface area contributed by atoms with Gasteiger partial charge in [0.2, 0.25) is 0 Å². The Hall–Kier alpha value is -1.15. The number of carbonyl (C=O) groups is 1. The largest absolute Gasteiger partial charge is 0.367 e. The zero-order chi connectivity index (χ0) is 13.7. The Balaban J connectivity index is 2.22. The Kier molecular flexibility index (Phi) is 4.76. The quantitative estimate of drug-likeness (QED) is 0.743. The van der Waals surface area contributed by atoms with Gasteiger partial charge in [0.05, 0.1) is 0 Å². The van der Waals surface area contributed by atoms with Crippen molar-refractivity contribution in [1.29, 1.82) is 0 Å². The average molecular weight is 260 g/mol. The monoisotopic (exact) mass is 260 g/mol. The van der Waals surface area contributed by atoms with Crippen molar-refractivity contribution < 1.29 is 9.53 Å². The van der Waals surface area contributed by atoms with E-state index in [0.29, 0.717) is 6.61 Å². The molecule has 0 saturated heterocycles. The molecule has 1 fully saturated rings. The third-order valence-corrected chi connectivity index (χ3v) is 4.12. The third-order valence-electron chi connectivity index (χ3n) is 4.12. The molecular weight excluding hydrogens is 236 g/mol. The van der Waals surface area contributed by atoms with E-state index < -0.39 is 5.60 Å². The van der Waals surface area contributed by atoms with Crippen LogP contribution >= 0.6 is 0 Å². The molecule has 0 aliphatic heterocycles. The van der Waals surface area contributed by atoms with Crippen molar-refractivity contribution in [2.24, 2.45) is 0 Å². The van der Waals surface area contributed by atoms with Gasteiger partial charge in [-0.05, 0) is 31.7 Å². The predicted molar refractivity (Wildman–Crippen MR) is 77.6 cm³/mol. The van der Waals surface area contributed by atoms with Gasteiger partial charge >= 0.3 is 0 Å². The highest BCUT2D eigenvalue weighted by atomic mass is 16.5. The van der Waals surface area contributed by atoms with Gasteiger partial charge < -0.3 is 4.74 Å². The van der Waals surface area contributed by atoms with Crippen LogP contribution in [0, 0.1) is 0 Å². The molecule has 19 heavy (non-hydrogen) atoms. The maximum absolute atomic E-state index is 12.8. The molecule has 0 N–H and O–H groups in total. The van der Waals surface area contributed by atoms with Crippen LogP contribution in [0.25, 0.3) is 0 Å². The minimum absolute atomic E-state index is 0.178. The molecule has 1 aromatic carbocycles. The number of ether oxygens (including phenoxy) is 1. The molecule has 2 rings (SSSR count). The number of rotatable bonds is 5. The van der Waals surface area contributed by atoms with E-state index in [0.717, 1.165) is 37.7 Å². The first-order chi connectivity index (χ1) is 9.22. The Morgan fingerprint density at radius 1 is 1.11 bits per heavy atom. The maximum atomic E-state index is 12.8. The van der Waals surface area contributed by atoms with Crippen LogP contribution in [-0.2, 0) is 11.2 Å². The molecule has 0 spiro atoms. The number of ketones is 1. The molecule has 0 aromatic heterocycles. The summed E-state index contributed by atoms with van der Waals surface area (Å²) in [6, 6.07) is 8.01. The summed E-state index contributed by atoms with van der Waals surface area (Å²) in [4.78, 5) is 12.8. The minimum Gasteiger partial charge on any atom is -0.367 e. The van der Waals surface area contributed by atoms with E-state index in [-0.39, 0.29) is 5.78 Å². The summed E-state index contributed by atoms with van der Waals surface area (Å²) in [7, 11) is 0. The van der Waals surface area contributed by atoms with Gasteiger partial charge in [-0.3, -0.25) is 4.79 Å². The van der Waals surface area contributed by atoms with Gasteiger partial charge in [-0.2, -0.15) is 0 Å². The zero-order valence-corrected chi connectivity index (χ0v) is 12.1. The zero-order valence-electron chi connectivity index (χ0n) is 12.1. The van der Waals surface area contributed by atoms with E-state index in [4.69, 9.17) is 4.74 Å². The van der Waals surface area contributed by atoms with Gasteiger partial charge in [-0.25, -0.2) is 0 Å². The van der Waals surface area contributed by atoms with Gasteiger partial charge in [-0.15, -0.1) is 0 Å². The molecule has 2 nitrogen and oxygen atoms in total. The van der Waals surface area contributed by atoms with Crippen molar-refractivity contribution in [2.45, 2.75) is 58.0 Å². The lowest BCUT2D eigenvalue weighted by atomic mass is 9.79. The van der Waals surface area contributed by atoms with Crippen LogP contribution in [0.5, 0.6) is 0 Å². The van der Waals surface area contributed by atoms with Crippen LogP contribution in [0.2, 0.25) is 0 Å². The highest BCUT2D eigenvalue weighted by Gasteiger charge is 2.40. The average Bonchev–Trinajstić information content (AvgIpc) is 2.48. The molecule has 0 bridgehead atoms. The Labute approximate surface area is 116 Å². The standard InChI is InChI=1S/C17H24O2/c1-3-14-8-10-15(11-9-14)16(18)17(19-4-2)12-6-5-7-13-17/h8-11H,3-7,12-13H2,1-2H3. The lowest BCUT2D eigenvalue weighted by Gasteiger charge is -2.35. The lowest BCUT2D eigenvalue weighted by Crippen LogP contribution is -2.43. The fourth-order valence-corrected chi connectivity index (χ4v) is 2.99. The molecule has 1 aliphatic carbocycles. The molecule has 1 aromatic rings. The summed E-state index contributed by atoms with van der Waals surface area (Å²) in [6.45, 7) is 4.71. The van der Waals surface area contributed by atoms with Crippen LogP contribution in [0.15, 0.2) is 24.3 Å². The second-order valence-electron chi connectivity index (χ2n) is 5.37. The van der Waals surface area contributed by atoms with E-state index in [1.165, 1.54) is 12.0 Å². The van der Waals surface area contributed by atoms with Crippen molar-refractivity contribution in [3.63, 3.8) is 0 Å². The van der Waals surface area contributed by atoms with E-state index in [1.54, 1.807) is 0 Å². The molecule has 0 amide bonds. The van der Waals surface area contributed by atoms with Crippen molar-refractivity contribution in [2.75, 3.05) is 6.61 Å². The topological polar surface area (TPSA) is 26.3 Å². The first-order valence-corrected chi connectivity index (χ1v) is 7.49. The summed E-state index contributed by atoms with van der Waals surface area (Å²) in [5, 5.41) is 0. The molecule has 0 heterocycles. The van der Waals surface area contributed by atoms with Crippen molar-refractivity contribution >= 4 is 5.78 Å². The van der Waals surface area contributed by atoms with Crippen LogP contribution in [0.1, 0.15) is 61.9 Å². The molecule has 104 valence electrons. The van der Waals surface area contributed by atoms with Gasteiger partial charge in [0.1, 0.15) is 5.60 Å². The highest BCUT2D eigenvalue weighted by Crippen LogP contribution is 2.34. The first-order valence-electron chi connectivity index (χ1n) is 7.49. The fourth-order valence-electron chi connectivity index (χ4n) is 2.99. The fraction of sp³-hybridized carbons (Fsp3) is 0.588. The van der Waals surface area contributed by atoms with Gasteiger partial charge in [0.25, 0.3) is 0 Å². The van der Waals surface area contributed by atoms with Gasteiger partial charge in [-0.1, -0.05) is 50.5 Å². The number of benzene rings is 1. The number of carbonyl (C=O) groups excluding carboxylic acids is 1. The summed E-state index contributed by atoms with van der Waals surface area (Å²) >= 11 is 0. The molecule has 1 aliphatic rings.